The van der Waals surface area contributed by atoms with Crippen LogP contribution in [-0.2, 0) is 44.9 Å². The average molecular weight is 767 g/mol. The van der Waals surface area contributed by atoms with Crippen molar-refractivity contribution in [1.82, 2.24) is 30.7 Å². The van der Waals surface area contributed by atoms with E-state index in [2.05, 4.69) is 21.3 Å². The highest BCUT2D eigenvalue weighted by Crippen LogP contribution is 2.21. The minimum Gasteiger partial charge on any atom is -0.445 e. The highest BCUT2D eigenvalue weighted by atomic mass is 16.6. The number of rotatable bonds is 22. The summed E-state index contributed by atoms with van der Waals surface area (Å²) in [5.74, 6) is -5.24. The molecule has 3 rings (SSSR count). The summed E-state index contributed by atoms with van der Waals surface area (Å²) in [5.41, 5.74) is 6.29. The van der Waals surface area contributed by atoms with E-state index < -0.39 is 77.3 Å². The van der Waals surface area contributed by atoms with Gasteiger partial charge in [0.15, 0.2) is 5.78 Å². The first kappa shape index (κ1) is 43.5. The highest BCUT2D eigenvalue weighted by Gasteiger charge is 2.36. The molecule has 0 aliphatic carbocycles. The van der Waals surface area contributed by atoms with Crippen molar-refractivity contribution in [2.75, 3.05) is 45.6 Å². The molecule has 0 saturated carbocycles. The largest absolute Gasteiger partial charge is 0.445 e. The van der Waals surface area contributed by atoms with Gasteiger partial charge in [-0.15, -0.1) is 0 Å². The standard InChI is InChI=1S/C37H50N8O10/c1-23(2)34(42-29(47)12-11-27(45-32(50)15-16-33(45)51)21-44-30(48)13-14-31(44)49)28(46)20-25(6-5-17-40-36(38)53)35(52)41-26-9-7-24(8-10-26)22-55-37(54)43(4)19-18-39-3/h7-10,13-16,23,25,27,34,39H,5-6,11-12,17-22H2,1-4H3,(H,41,52)(H,42,47)(H3,38,40,53)/t25-,27?,34+/m1/s1. The number of ether oxygens (including phenoxy) is 1. The quantitative estimate of drug-likeness (QED) is 0.0807. The Balaban J connectivity index is 1.65. The van der Waals surface area contributed by atoms with E-state index >= 15 is 0 Å². The summed E-state index contributed by atoms with van der Waals surface area (Å²) in [6.45, 7) is 4.41. The molecule has 1 aromatic rings. The minimum absolute atomic E-state index is 0.0187. The Labute approximate surface area is 319 Å². The molecule has 0 saturated heterocycles. The number of nitrogens with two attached hydrogens (primary N) is 1. The number of benzene rings is 1. The zero-order chi connectivity index (χ0) is 40.7. The average Bonchev–Trinajstić information content (AvgIpc) is 3.65. The van der Waals surface area contributed by atoms with E-state index in [1.54, 1.807) is 52.2 Å². The van der Waals surface area contributed by atoms with Crippen molar-refractivity contribution in [3.05, 3.63) is 54.1 Å². The number of hydrogen-bond donors (Lipinski definition) is 5. The van der Waals surface area contributed by atoms with Crippen LogP contribution in [0.1, 0.15) is 51.5 Å². The summed E-state index contributed by atoms with van der Waals surface area (Å²) >= 11 is 0. The van der Waals surface area contributed by atoms with Crippen LogP contribution >= 0.6 is 0 Å². The molecule has 1 aromatic carbocycles. The number of anilines is 1. The molecule has 0 bridgehead atoms. The van der Waals surface area contributed by atoms with Crippen LogP contribution in [-0.4, -0.2) is 120 Å². The Morgan fingerprint density at radius 3 is 2.07 bits per heavy atom. The summed E-state index contributed by atoms with van der Waals surface area (Å²) < 4.78 is 5.33. The Morgan fingerprint density at radius 2 is 1.49 bits per heavy atom. The van der Waals surface area contributed by atoms with Crippen molar-refractivity contribution < 1.29 is 47.9 Å². The predicted molar refractivity (Wildman–Crippen MR) is 198 cm³/mol. The van der Waals surface area contributed by atoms with Gasteiger partial charge in [0.05, 0.1) is 18.6 Å². The second kappa shape index (κ2) is 21.1. The maximum absolute atomic E-state index is 13.7. The lowest BCUT2D eigenvalue weighted by Gasteiger charge is -2.29. The molecule has 2 aliphatic heterocycles. The molecule has 2 aliphatic rings. The minimum atomic E-state index is -1.01. The summed E-state index contributed by atoms with van der Waals surface area (Å²) in [6, 6.07) is 3.90. The van der Waals surface area contributed by atoms with Crippen molar-refractivity contribution in [1.29, 1.82) is 0 Å². The first-order valence-corrected chi connectivity index (χ1v) is 18.0. The van der Waals surface area contributed by atoms with Crippen molar-refractivity contribution in [2.24, 2.45) is 17.6 Å². The SMILES string of the molecule is CNCCN(C)C(=O)OCc1ccc(NC(=O)[C@H](CCCNC(N)=O)CC(=O)[C@@H](NC(=O)CCC(CN2C(=O)C=CC2=O)N2C(=O)C=CC2=O)C(C)C)cc1. The van der Waals surface area contributed by atoms with Gasteiger partial charge < -0.3 is 36.6 Å². The number of carbonyl (C=O) groups is 9. The van der Waals surface area contributed by atoms with Crippen LogP contribution in [0.25, 0.3) is 0 Å². The van der Waals surface area contributed by atoms with Gasteiger partial charge in [0.1, 0.15) is 6.61 Å². The molecule has 0 fully saturated rings. The van der Waals surface area contributed by atoms with Crippen molar-refractivity contribution in [3.63, 3.8) is 0 Å². The van der Waals surface area contributed by atoms with Crippen LogP contribution in [0.15, 0.2) is 48.6 Å². The number of nitrogens with one attached hydrogen (secondary N) is 4. The van der Waals surface area contributed by atoms with E-state index in [0.29, 0.717) is 30.8 Å². The van der Waals surface area contributed by atoms with Gasteiger partial charge in [-0.2, -0.15) is 0 Å². The summed E-state index contributed by atoms with van der Waals surface area (Å²) in [5, 5.41) is 10.9. The lowest BCUT2D eigenvalue weighted by Crippen LogP contribution is -2.49. The van der Waals surface area contributed by atoms with Gasteiger partial charge in [-0.1, -0.05) is 26.0 Å². The molecule has 55 heavy (non-hydrogen) atoms. The number of hydrogen-bond acceptors (Lipinski definition) is 11. The first-order valence-electron chi connectivity index (χ1n) is 18.0. The zero-order valence-corrected chi connectivity index (χ0v) is 31.5. The summed E-state index contributed by atoms with van der Waals surface area (Å²) in [7, 11) is 3.41. The lowest BCUT2D eigenvalue weighted by molar-refractivity contribution is -0.145. The van der Waals surface area contributed by atoms with Crippen molar-refractivity contribution in [3.8, 4) is 0 Å². The van der Waals surface area contributed by atoms with Crippen LogP contribution in [0.2, 0.25) is 0 Å². The molecule has 18 nitrogen and oxygen atoms in total. The Morgan fingerprint density at radius 1 is 0.873 bits per heavy atom. The van der Waals surface area contributed by atoms with Gasteiger partial charge in [-0.05, 0) is 49.9 Å². The third-order valence-electron chi connectivity index (χ3n) is 8.98. The molecule has 3 atom stereocenters. The second-order valence-electron chi connectivity index (χ2n) is 13.5. The molecule has 0 spiro atoms. The fourth-order valence-corrected chi connectivity index (χ4v) is 5.87. The lowest BCUT2D eigenvalue weighted by atomic mass is 9.89. The van der Waals surface area contributed by atoms with Crippen LogP contribution in [0.4, 0.5) is 15.3 Å². The molecule has 2 heterocycles. The Hall–Kier alpha value is -5.91. The van der Waals surface area contributed by atoms with Gasteiger partial charge in [0.2, 0.25) is 11.8 Å². The van der Waals surface area contributed by atoms with E-state index in [0.717, 1.165) is 34.1 Å². The highest BCUT2D eigenvalue weighted by molar-refractivity contribution is 6.14. The number of primary amides is 1. The van der Waals surface area contributed by atoms with Crippen LogP contribution in [0.5, 0.6) is 0 Å². The zero-order valence-electron chi connectivity index (χ0n) is 31.5. The molecular weight excluding hydrogens is 716 g/mol. The van der Waals surface area contributed by atoms with E-state index in [9.17, 15) is 43.2 Å². The molecule has 6 N–H and O–H groups in total. The maximum atomic E-state index is 13.7. The van der Waals surface area contributed by atoms with Crippen molar-refractivity contribution >= 4 is 59.0 Å². The number of Topliss-reactive ketones (excluding diaryl/α,β-unsaturated/α-hetero) is 1. The molecule has 18 heteroatoms. The molecular formula is C37H50N8O10. The fraction of sp³-hybridized carbons (Fsp3) is 0.486. The van der Waals surface area contributed by atoms with E-state index in [4.69, 9.17) is 10.5 Å². The second-order valence-corrected chi connectivity index (χ2v) is 13.5. The van der Waals surface area contributed by atoms with Crippen LogP contribution in [0.3, 0.4) is 0 Å². The molecule has 0 radical (unpaired) electrons. The van der Waals surface area contributed by atoms with Crippen LogP contribution in [0, 0.1) is 11.8 Å². The monoisotopic (exact) mass is 766 g/mol. The molecule has 9 amide bonds. The van der Waals surface area contributed by atoms with Gasteiger partial charge in [-0.3, -0.25) is 43.4 Å². The van der Waals surface area contributed by atoms with E-state index in [1.807, 2.05) is 0 Å². The Bertz CT molecular complexity index is 1640. The number of amides is 9. The number of ketones is 1. The molecule has 298 valence electrons. The van der Waals surface area contributed by atoms with Crippen molar-refractivity contribution in [2.45, 2.75) is 64.6 Å². The number of likely N-dealkylation sites (N-methyl/N-ethyl adjacent to an activating group) is 2. The number of nitrogens with zero attached hydrogens (tertiary/aromatic N) is 3. The third-order valence-corrected chi connectivity index (χ3v) is 8.98. The first-order chi connectivity index (χ1) is 26.1. The van der Waals surface area contributed by atoms with Gasteiger partial charge in [0, 0.05) is 75.4 Å². The number of carbonyl (C=O) groups excluding carboxylic acids is 9. The number of imide groups is 2. The normalized spacial score (nSPS) is 15.3. The topological polar surface area (TPSA) is 247 Å². The van der Waals surface area contributed by atoms with E-state index in [-0.39, 0.29) is 45.4 Å². The van der Waals surface area contributed by atoms with Gasteiger partial charge in [-0.25, -0.2) is 9.59 Å². The van der Waals surface area contributed by atoms with Gasteiger partial charge in [0.25, 0.3) is 23.6 Å². The fourth-order valence-electron chi connectivity index (χ4n) is 5.87. The van der Waals surface area contributed by atoms with Crippen LogP contribution < -0.4 is 27.0 Å². The molecule has 0 aromatic heterocycles. The molecule has 1 unspecified atom stereocenters. The Kier molecular flexibility index (Phi) is 16.7. The summed E-state index contributed by atoms with van der Waals surface area (Å²) in [6.07, 6.45) is 3.69. The van der Waals surface area contributed by atoms with Gasteiger partial charge >= 0.3 is 12.1 Å². The van der Waals surface area contributed by atoms with E-state index in [1.165, 1.54) is 4.90 Å². The third kappa shape index (κ3) is 13.5. The smallest absolute Gasteiger partial charge is 0.409 e. The summed E-state index contributed by atoms with van der Waals surface area (Å²) in [4.78, 5) is 116. The predicted octanol–water partition coefficient (Wildman–Crippen LogP) is 0.576. The number of urea groups is 1. The maximum Gasteiger partial charge on any atom is 0.409 e.